The van der Waals surface area contributed by atoms with Crippen molar-refractivity contribution in [2.24, 2.45) is 0 Å². The Labute approximate surface area is 483 Å². The summed E-state index contributed by atoms with van der Waals surface area (Å²) in [4.78, 5) is 38.3. The normalized spacial score (nSPS) is 12.7. The molecule has 0 aromatic heterocycles. The number of esters is 3. The molecule has 0 fully saturated rings. The molecular weight excluding hydrogens is 961 g/mol. The average molecular weight is 1090 g/mol. The zero-order valence-electron chi connectivity index (χ0n) is 51.4. The molecule has 0 amide bonds. The number of hydrogen-bond donors (Lipinski definition) is 0. The van der Waals surface area contributed by atoms with Gasteiger partial charge in [0, 0.05) is 19.3 Å². The van der Waals surface area contributed by atoms with Gasteiger partial charge in [-0.05, 0) is 96.3 Å². The third kappa shape index (κ3) is 63.2. The van der Waals surface area contributed by atoms with E-state index in [1.807, 2.05) is 0 Å². The molecule has 1 atom stereocenters. The maximum absolute atomic E-state index is 12.9. The molecule has 0 rings (SSSR count). The lowest BCUT2D eigenvalue weighted by atomic mass is 10.0. The van der Waals surface area contributed by atoms with Crippen LogP contribution < -0.4 is 0 Å². The third-order valence-electron chi connectivity index (χ3n) is 14.3. The molecule has 0 aliphatic heterocycles. The van der Waals surface area contributed by atoms with Gasteiger partial charge in [-0.25, -0.2) is 0 Å². The molecule has 6 heteroatoms. The predicted octanol–water partition coefficient (Wildman–Crippen LogP) is 22.8. The largest absolute Gasteiger partial charge is 0.462 e. The first-order valence-corrected chi connectivity index (χ1v) is 33.2. The van der Waals surface area contributed by atoms with Gasteiger partial charge in [0.15, 0.2) is 6.10 Å². The van der Waals surface area contributed by atoms with Gasteiger partial charge in [0.05, 0.1) is 0 Å². The molecule has 78 heavy (non-hydrogen) atoms. The van der Waals surface area contributed by atoms with E-state index >= 15 is 0 Å². The minimum atomic E-state index is -0.812. The summed E-state index contributed by atoms with van der Waals surface area (Å²) in [6.45, 7) is 6.49. The molecule has 0 aliphatic carbocycles. The summed E-state index contributed by atoms with van der Waals surface area (Å²) in [5, 5.41) is 0. The molecule has 448 valence electrons. The first-order valence-electron chi connectivity index (χ1n) is 33.2. The Hall–Kier alpha value is -3.67. The fourth-order valence-electron chi connectivity index (χ4n) is 9.37. The van der Waals surface area contributed by atoms with Crippen LogP contribution in [0.5, 0.6) is 0 Å². The van der Waals surface area contributed by atoms with Crippen molar-refractivity contribution >= 4 is 17.9 Å². The summed E-state index contributed by atoms with van der Waals surface area (Å²) >= 11 is 0. The zero-order valence-corrected chi connectivity index (χ0v) is 51.4. The average Bonchev–Trinajstić information content (AvgIpc) is 3.44. The lowest BCUT2D eigenvalue weighted by molar-refractivity contribution is -0.167. The summed E-state index contributed by atoms with van der Waals surface area (Å²) in [5.41, 5.74) is 0. The number of carbonyl (C=O) groups is 3. The highest BCUT2D eigenvalue weighted by atomic mass is 16.6. The van der Waals surface area contributed by atoms with Crippen LogP contribution in [0.3, 0.4) is 0 Å². The number of rotatable bonds is 60. The van der Waals surface area contributed by atoms with Crippen LogP contribution >= 0.6 is 0 Å². The maximum atomic E-state index is 12.9. The van der Waals surface area contributed by atoms with E-state index in [-0.39, 0.29) is 37.5 Å². The second kappa shape index (κ2) is 65.8. The van der Waals surface area contributed by atoms with Gasteiger partial charge in [-0.15, -0.1) is 0 Å². The number of allylic oxidation sites excluding steroid dienone is 16. The van der Waals surface area contributed by atoms with Gasteiger partial charge in [0.1, 0.15) is 13.2 Å². The van der Waals surface area contributed by atoms with Crippen LogP contribution in [-0.4, -0.2) is 37.2 Å². The summed E-state index contributed by atoms with van der Waals surface area (Å²) in [6, 6.07) is 0. The fourth-order valence-corrected chi connectivity index (χ4v) is 9.37. The molecule has 1 unspecified atom stereocenters. The van der Waals surface area contributed by atoms with Crippen molar-refractivity contribution in [3.8, 4) is 0 Å². The summed E-state index contributed by atoms with van der Waals surface area (Å²) in [6.07, 6.45) is 88.6. The number of unbranched alkanes of at least 4 members (excludes halogenated alkanes) is 33. The molecule has 0 heterocycles. The Bertz CT molecular complexity index is 1530. The SMILES string of the molecule is CC/C=C\C/C=C\C/C=C\C/C=C\C/C=C\C/C=C\C/C=C\CCCC(=O)OC(COC(=O)CCCCCCC/C=C\CCCCCC)COC(=O)CCCCCCCCCCCCCCCCCCCCCCCCCC. The molecule has 6 nitrogen and oxygen atoms in total. The van der Waals surface area contributed by atoms with E-state index in [4.69, 9.17) is 14.2 Å². The van der Waals surface area contributed by atoms with Crippen LogP contribution in [0.25, 0.3) is 0 Å². The lowest BCUT2D eigenvalue weighted by Crippen LogP contribution is -2.30. The van der Waals surface area contributed by atoms with E-state index in [0.29, 0.717) is 19.3 Å². The number of carbonyl (C=O) groups excluding carboxylic acids is 3. The topological polar surface area (TPSA) is 78.9 Å². The Morgan fingerprint density at radius 3 is 0.846 bits per heavy atom. The van der Waals surface area contributed by atoms with E-state index in [1.165, 1.54) is 173 Å². The monoisotopic (exact) mass is 1080 g/mol. The molecule has 0 saturated heterocycles. The summed E-state index contributed by atoms with van der Waals surface area (Å²) in [5.74, 6) is -0.958. The number of hydrogen-bond acceptors (Lipinski definition) is 6. The number of ether oxygens (including phenoxy) is 3. The van der Waals surface area contributed by atoms with Crippen molar-refractivity contribution in [2.45, 2.75) is 329 Å². The van der Waals surface area contributed by atoms with Crippen LogP contribution in [0.4, 0.5) is 0 Å². The Morgan fingerprint density at radius 2 is 0.513 bits per heavy atom. The predicted molar refractivity (Wildman–Crippen MR) is 339 cm³/mol. The van der Waals surface area contributed by atoms with Crippen molar-refractivity contribution in [3.63, 3.8) is 0 Å². The summed E-state index contributed by atoms with van der Waals surface area (Å²) < 4.78 is 16.9. The highest BCUT2D eigenvalue weighted by molar-refractivity contribution is 5.71. The third-order valence-corrected chi connectivity index (χ3v) is 14.3. The van der Waals surface area contributed by atoms with Gasteiger partial charge in [-0.3, -0.25) is 14.4 Å². The molecule has 0 aliphatic rings. The van der Waals surface area contributed by atoms with Crippen LogP contribution in [-0.2, 0) is 28.6 Å². The van der Waals surface area contributed by atoms with Crippen LogP contribution in [0.1, 0.15) is 323 Å². The minimum Gasteiger partial charge on any atom is -0.462 e. The quantitative estimate of drug-likeness (QED) is 0.0261. The van der Waals surface area contributed by atoms with E-state index in [1.54, 1.807) is 0 Å². The molecular formula is C72H124O6. The van der Waals surface area contributed by atoms with E-state index in [2.05, 4.69) is 118 Å². The first-order chi connectivity index (χ1) is 38.5. The molecule has 0 saturated carbocycles. The van der Waals surface area contributed by atoms with Crippen molar-refractivity contribution in [1.82, 2.24) is 0 Å². The van der Waals surface area contributed by atoms with Crippen molar-refractivity contribution in [1.29, 1.82) is 0 Å². The van der Waals surface area contributed by atoms with Gasteiger partial charge in [-0.1, -0.05) is 304 Å². The van der Waals surface area contributed by atoms with Crippen molar-refractivity contribution in [2.75, 3.05) is 13.2 Å². The Kier molecular flexibility index (Phi) is 62.7. The second-order valence-electron chi connectivity index (χ2n) is 22.0. The second-order valence-corrected chi connectivity index (χ2v) is 22.0. The van der Waals surface area contributed by atoms with Gasteiger partial charge in [0.2, 0.25) is 0 Å². The van der Waals surface area contributed by atoms with Gasteiger partial charge in [0.25, 0.3) is 0 Å². The lowest BCUT2D eigenvalue weighted by Gasteiger charge is -2.18. The van der Waals surface area contributed by atoms with Crippen LogP contribution in [0.2, 0.25) is 0 Å². The van der Waals surface area contributed by atoms with Gasteiger partial charge >= 0.3 is 17.9 Å². The molecule has 0 aromatic carbocycles. The Balaban J connectivity index is 4.39. The Morgan fingerprint density at radius 1 is 0.269 bits per heavy atom. The van der Waals surface area contributed by atoms with Crippen molar-refractivity contribution in [3.05, 3.63) is 97.2 Å². The highest BCUT2D eigenvalue weighted by Crippen LogP contribution is 2.17. The van der Waals surface area contributed by atoms with Crippen molar-refractivity contribution < 1.29 is 28.6 Å². The first kappa shape index (κ1) is 74.3. The van der Waals surface area contributed by atoms with Crippen LogP contribution in [0, 0.1) is 0 Å². The van der Waals surface area contributed by atoms with Crippen LogP contribution in [0.15, 0.2) is 97.2 Å². The van der Waals surface area contributed by atoms with E-state index in [0.717, 1.165) is 103 Å². The molecule has 0 N–H and O–H groups in total. The standard InChI is InChI=1S/C72H124O6/c1-4-7-10-13-16-19-22-25-27-29-31-33-35-37-38-40-42-44-47-50-53-56-59-62-65-71(74)77-68-69(67-76-70(73)64-61-58-55-52-49-46-24-21-18-15-12-9-6-3)78-72(75)66-63-60-57-54-51-48-45-43-41-39-36-34-32-30-28-26-23-20-17-14-11-8-5-2/h8,11,17,20-21,24,26,28,32,34,39,41,45,48,54,57,69H,4-7,9-10,12-16,18-19,22-23,25,27,29-31,33,35-38,40,42-44,46-47,49-53,55-56,58-68H2,1-3H3/b11-8-,20-17-,24-21-,28-26-,34-32-,41-39-,48-45-,57-54-. The minimum absolute atomic E-state index is 0.101. The molecule has 0 bridgehead atoms. The summed E-state index contributed by atoms with van der Waals surface area (Å²) in [7, 11) is 0. The van der Waals surface area contributed by atoms with E-state index < -0.39 is 6.10 Å². The zero-order chi connectivity index (χ0) is 56.4. The smallest absolute Gasteiger partial charge is 0.306 e. The molecule has 0 aromatic rings. The fraction of sp³-hybridized carbons (Fsp3) is 0.736. The molecule has 0 spiro atoms. The van der Waals surface area contributed by atoms with Gasteiger partial charge < -0.3 is 14.2 Å². The molecule has 0 radical (unpaired) electrons. The van der Waals surface area contributed by atoms with Gasteiger partial charge in [-0.2, -0.15) is 0 Å². The maximum Gasteiger partial charge on any atom is 0.306 e. The highest BCUT2D eigenvalue weighted by Gasteiger charge is 2.19. The van der Waals surface area contributed by atoms with E-state index in [9.17, 15) is 14.4 Å².